The Hall–Kier alpha value is -0.730. The molecule has 0 aromatic carbocycles. The third-order valence-electron chi connectivity index (χ3n) is 2.79. The van der Waals surface area contributed by atoms with E-state index in [1.165, 1.54) is 0 Å². The molecule has 0 aliphatic carbocycles. The molecule has 0 bridgehead atoms. The van der Waals surface area contributed by atoms with Crippen molar-refractivity contribution in [2.45, 2.75) is 57.1 Å². The molecule has 0 saturated carbocycles. The molecule has 1 rings (SSSR count). The van der Waals surface area contributed by atoms with Crippen LogP contribution in [0.15, 0.2) is 0 Å². The van der Waals surface area contributed by atoms with Gasteiger partial charge in [0.05, 0.1) is 6.10 Å². The topological polar surface area (TPSA) is 122 Å². The van der Waals surface area contributed by atoms with Crippen molar-refractivity contribution in [3.05, 3.63) is 0 Å². The van der Waals surface area contributed by atoms with Crippen molar-refractivity contribution in [3.8, 4) is 0 Å². The normalized spacial score (nSPS) is 39.9. The fourth-order valence-electron chi connectivity index (χ4n) is 1.52. The predicted octanol–water partition coefficient (Wildman–Crippen LogP) is -1.91. The van der Waals surface area contributed by atoms with Crippen molar-refractivity contribution in [1.29, 1.82) is 0 Å². The molecule has 100 valence electrons. The van der Waals surface area contributed by atoms with Crippen molar-refractivity contribution in [1.82, 2.24) is 0 Å². The highest BCUT2D eigenvalue weighted by Gasteiger charge is 2.46. The van der Waals surface area contributed by atoms with Crippen LogP contribution in [0, 0.1) is 0 Å². The van der Waals surface area contributed by atoms with E-state index in [0.29, 0.717) is 6.42 Å². The van der Waals surface area contributed by atoms with Crippen molar-refractivity contribution in [2.75, 3.05) is 0 Å². The van der Waals surface area contributed by atoms with Crippen LogP contribution in [0.5, 0.6) is 0 Å². The van der Waals surface area contributed by atoms with E-state index in [0.717, 1.165) is 0 Å². The lowest BCUT2D eigenvalue weighted by Crippen LogP contribution is -2.61. The molecule has 5 N–H and O–H groups in total. The minimum atomic E-state index is -1.56. The van der Waals surface area contributed by atoms with Crippen molar-refractivity contribution in [3.63, 3.8) is 0 Å². The van der Waals surface area contributed by atoms with E-state index in [1.807, 2.05) is 6.92 Å². The zero-order chi connectivity index (χ0) is 13.2. The highest BCUT2D eigenvalue weighted by atomic mass is 16.7. The van der Waals surface area contributed by atoms with Crippen LogP contribution in [0.25, 0.3) is 0 Å². The molecule has 0 aromatic rings. The van der Waals surface area contributed by atoms with Gasteiger partial charge in [-0.1, -0.05) is 6.92 Å². The first-order chi connectivity index (χ1) is 7.88. The number of carbonyl (C=O) groups excluding carboxylic acids is 1. The Morgan fingerprint density at radius 1 is 1.35 bits per heavy atom. The van der Waals surface area contributed by atoms with Crippen molar-refractivity contribution < 1.29 is 29.6 Å². The molecule has 1 saturated heterocycles. The van der Waals surface area contributed by atoms with Gasteiger partial charge in [0.1, 0.15) is 18.3 Å². The Labute approximate surface area is 99.1 Å². The summed E-state index contributed by atoms with van der Waals surface area (Å²) in [4.78, 5) is 11.0. The number of ether oxygens (including phenoxy) is 2. The van der Waals surface area contributed by atoms with Gasteiger partial charge in [-0.25, -0.2) is 0 Å². The molecule has 1 aliphatic heterocycles. The summed E-state index contributed by atoms with van der Waals surface area (Å²) in [6.45, 7) is 3.63. The molecule has 0 spiro atoms. The van der Waals surface area contributed by atoms with Crippen molar-refractivity contribution >= 4 is 5.91 Å². The Balaban J connectivity index is 2.74. The van der Waals surface area contributed by atoms with Gasteiger partial charge in [0.25, 0.3) is 0 Å². The maximum Gasteiger partial charge on any atom is 0.249 e. The summed E-state index contributed by atoms with van der Waals surface area (Å²) >= 11 is 0. The molecule has 1 fully saturated rings. The maximum atomic E-state index is 11.0. The first-order valence-electron chi connectivity index (χ1n) is 5.52. The second kappa shape index (κ2) is 5.74. The zero-order valence-electron chi connectivity index (χ0n) is 9.81. The molecule has 1 amide bonds. The molecule has 0 radical (unpaired) electrons. The number of carbonyl (C=O) groups is 1. The summed E-state index contributed by atoms with van der Waals surface area (Å²) in [5.41, 5.74) is 5.02. The molecule has 7 nitrogen and oxygen atoms in total. The maximum absolute atomic E-state index is 11.0. The van der Waals surface area contributed by atoms with Gasteiger partial charge in [0, 0.05) is 0 Å². The lowest BCUT2D eigenvalue weighted by atomic mass is 9.98. The van der Waals surface area contributed by atoms with Crippen LogP contribution in [0.4, 0.5) is 0 Å². The predicted molar refractivity (Wildman–Crippen MR) is 56.7 cm³/mol. The van der Waals surface area contributed by atoms with Gasteiger partial charge in [-0.2, -0.15) is 0 Å². The summed E-state index contributed by atoms with van der Waals surface area (Å²) < 4.78 is 10.4. The summed E-state index contributed by atoms with van der Waals surface area (Å²) in [6.07, 6.45) is -6.62. The van der Waals surface area contributed by atoms with Crippen LogP contribution >= 0.6 is 0 Å². The van der Waals surface area contributed by atoms with E-state index in [-0.39, 0.29) is 6.10 Å². The first-order valence-corrected chi connectivity index (χ1v) is 5.52. The number of aliphatic hydroxyl groups excluding tert-OH is 3. The molecule has 7 heteroatoms. The Morgan fingerprint density at radius 2 is 1.94 bits per heavy atom. The molecule has 4 unspecified atom stereocenters. The average Bonchev–Trinajstić information content (AvgIpc) is 2.29. The Morgan fingerprint density at radius 3 is 2.41 bits per heavy atom. The first kappa shape index (κ1) is 14.3. The van der Waals surface area contributed by atoms with Crippen LogP contribution < -0.4 is 5.73 Å². The minimum Gasteiger partial charge on any atom is -0.387 e. The SMILES string of the molecule is CCC(C)OC1OC(C(N)=O)[C@H](O)C(O)[C@@H]1O. The third kappa shape index (κ3) is 3.14. The molecular formula is C10H19NO6. The summed E-state index contributed by atoms with van der Waals surface area (Å²) in [5.74, 6) is -0.916. The molecule has 17 heavy (non-hydrogen) atoms. The highest BCUT2D eigenvalue weighted by molar-refractivity contribution is 5.79. The van der Waals surface area contributed by atoms with Gasteiger partial charge >= 0.3 is 0 Å². The lowest BCUT2D eigenvalue weighted by Gasteiger charge is -2.39. The number of hydrogen-bond donors (Lipinski definition) is 4. The fraction of sp³-hybridized carbons (Fsp3) is 0.900. The Kier molecular flexibility index (Phi) is 4.84. The smallest absolute Gasteiger partial charge is 0.249 e. The molecule has 1 heterocycles. The van der Waals surface area contributed by atoms with Gasteiger partial charge in [-0.05, 0) is 13.3 Å². The van der Waals surface area contributed by atoms with Crippen LogP contribution in [0.1, 0.15) is 20.3 Å². The van der Waals surface area contributed by atoms with Gasteiger partial charge in [-0.3, -0.25) is 4.79 Å². The molecule has 1 aliphatic rings. The largest absolute Gasteiger partial charge is 0.387 e. The lowest BCUT2D eigenvalue weighted by molar-refractivity contribution is -0.299. The number of primary amides is 1. The zero-order valence-corrected chi connectivity index (χ0v) is 9.81. The van der Waals surface area contributed by atoms with Gasteiger partial charge in [-0.15, -0.1) is 0 Å². The summed E-state index contributed by atoms with van der Waals surface area (Å²) in [5, 5.41) is 28.7. The summed E-state index contributed by atoms with van der Waals surface area (Å²) in [7, 11) is 0. The van der Waals surface area contributed by atoms with E-state index in [9.17, 15) is 20.1 Å². The second-order valence-electron chi connectivity index (χ2n) is 4.15. The van der Waals surface area contributed by atoms with Gasteiger partial charge in [0.2, 0.25) is 5.91 Å². The average molecular weight is 249 g/mol. The standard InChI is InChI=1S/C10H19NO6/c1-3-4(2)16-10-7(14)5(12)6(13)8(17-10)9(11)15/h4-8,10,12-14H,3H2,1-2H3,(H2,11,15)/t4?,5?,6-,7+,8?,10?/m1/s1. The third-order valence-corrected chi connectivity index (χ3v) is 2.79. The molecular weight excluding hydrogens is 230 g/mol. The number of hydrogen-bond acceptors (Lipinski definition) is 6. The molecule has 6 atom stereocenters. The monoisotopic (exact) mass is 249 g/mol. The fourth-order valence-corrected chi connectivity index (χ4v) is 1.52. The van der Waals surface area contributed by atoms with Crippen LogP contribution in [0.3, 0.4) is 0 Å². The second-order valence-corrected chi connectivity index (χ2v) is 4.15. The van der Waals surface area contributed by atoms with E-state index in [4.69, 9.17) is 15.2 Å². The summed E-state index contributed by atoms with van der Waals surface area (Å²) in [6, 6.07) is 0. The highest BCUT2D eigenvalue weighted by Crippen LogP contribution is 2.23. The Bertz CT molecular complexity index is 274. The van der Waals surface area contributed by atoms with E-state index < -0.39 is 36.6 Å². The number of nitrogens with two attached hydrogens (primary N) is 1. The van der Waals surface area contributed by atoms with E-state index in [1.54, 1.807) is 6.92 Å². The van der Waals surface area contributed by atoms with Crippen LogP contribution in [-0.4, -0.2) is 58.0 Å². The van der Waals surface area contributed by atoms with Crippen LogP contribution in [-0.2, 0) is 14.3 Å². The molecule has 0 aromatic heterocycles. The van der Waals surface area contributed by atoms with E-state index >= 15 is 0 Å². The number of aliphatic hydroxyl groups is 3. The van der Waals surface area contributed by atoms with E-state index in [2.05, 4.69) is 0 Å². The minimum absolute atomic E-state index is 0.217. The number of amides is 1. The van der Waals surface area contributed by atoms with Crippen LogP contribution in [0.2, 0.25) is 0 Å². The van der Waals surface area contributed by atoms with Crippen molar-refractivity contribution in [2.24, 2.45) is 5.73 Å². The number of rotatable bonds is 4. The quantitative estimate of drug-likeness (QED) is 0.461. The van der Waals surface area contributed by atoms with Gasteiger partial charge in [0.15, 0.2) is 12.4 Å². The van der Waals surface area contributed by atoms with Gasteiger partial charge < -0.3 is 30.5 Å².